The monoisotopic (exact) mass is 456 g/mol. The van der Waals surface area contributed by atoms with Crippen molar-refractivity contribution < 1.29 is 42.9 Å². The maximum absolute atomic E-state index is 11.9. The van der Waals surface area contributed by atoms with Gasteiger partial charge < -0.3 is 23.7 Å². The zero-order chi connectivity index (χ0) is 23.3. The topological polar surface area (TPSA) is 114 Å². The first kappa shape index (κ1) is 24.6. The van der Waals surface area contributed by atoms with Gasteiger partial charge in [-0.15, -0.1) is 0 Å². The number of ether oxygens (including phenoxy) is 5. The fourth-order valence-electron chi connectivity index (χ4n) is 3.34. The first-order valence-electron chi connectivity index (χ1n) is 9.56. The van der Waals surface area contributed by atoms with Crippen LogP contribution in [-0.4, -0.2) is 54.9 Å². The van der Waals surface area contributed by atoms with Crippen molar-refractivity contribution in [1.82, 2.24) is 0 Å². The van der Waals surface area contributed by atoms with Crippen molar-refractivity contribution in [3.63, 3.8) is 0 Å². The molecule has 0 saturated carbocycles. The van der Waals surface area contributed by atoms with Gasteiger partial charge in [0.1, 0.15) is 18.8 Å². The summed E-state index contributed by atoms with van der Waals surface area (Å²) >= 11 is 6.42. The molecule has 9 nitrogen and oxygen atoms in total. The summed E-state index contributed by atoms with van der Waals surface area (Å²) in [5, 5.41) is 0.334. The standard InChI is InChI=1S/C21H25ClO9/c1-10-6-7-15(16(22)8-10)18-20(29-13(4)25)21(30-14(5)26)19(28-12(3)24)17(31-18)9-27-11(2)23/h6-8,17-21H,9H2,1-5H3/t17-,18-,19+,20+,21+/m1/s1. The van der Waals surface area contributed by atoms with E-state index in [-0.39, 0.29) is 6.61 Å². The van der Waals surface area contributed by atoms with Gasteiger partial charge in [-0.2, -0.15) is 0 Å². The minimum absolute atomic E-state index is 0.294. The summed E-state index contributed by atoms with van der Waals surface area (Å²) in [6.45, 7) is 6.28. The van der Waals surface area contributed by atoms with Gasteiger partial charge in [0.2, 0.25) is 0 Å². The highest BCUT2D eigenvalue weighted by Gasteiger charge is 2.52. The average molecular weight is 457 g/mol. The van der Waals surface area contributed by atoms with Crippen molar-refractivity contribution >= 4 is 35.5 Å². The molecule has 2 rings (SSSR count). The SMILES string of the molecule is CC(=O)OC[C@H]1O[C@H](c2ccc(C)cc2Cl)[C@H](OC(C)=O)[C@@H](OC(C)=O)[C@H]1OC(C)=O. The molecule has 31 heavy (non-hydrogen) atoms. The Labute approximate surface area is 184 Å². The molecule has 10 heteroatoms. The third-order valence-corrected chi connectivity index (χ3v) is 4.78. The lowest BCUT2D eigenvalue weighted by atomic mass is 9.90. The molecule has 1 fully saturated rings. The van der Waals surface area contributed by atoms with E-state index in [0.29, 0.717) is 10.6 Å². The Bertz CT molecular complexity index is 853. The molecule has 1 heterocycles. The molecule has 0 unspecified atom stereocenters. The fourth-order valence-corrected chi connectivity index (χ4v) is 3.68. The summed E-state index contributed by atoms with van der Waals surface area (Å²) in [7, 11) is 0. The first-order valence-corrected chi connectivity index (χ1v) is 9.94. The van der Waals surface area contributed by atoms with Crippen molar-refractivity contribution in [2.75, 3.05) is 6.61 Å². The quantitative estimate of drug-likeness (QED) is 0.470. The van der Waals surface area contributed by atoms with Crippen LogP contribution in [0.3, 0.4) is 0 Å². The van der Waals surface area contributed by atoms with Crippen LogP contribution in [0, 0.1) is 6.92 Å². The van der Waals surface area contributed by atoms with Crippen molar-refractivity contribution in [2.24, 2.45) is 0 Å². The number of halogens is 1. The Kier molecular flexibility index (Phi) is 8.41. The summed E-state index contributed by atoms with van der Waals surface area (Å²) in [6.07, 6.45) is -5.63. The molecule has 5 atom stereocenters. The highest BCUT2D eigenvalue weighted by molar-refractivity contribution is 6.31. The Morgan fingerprint density at radius 1 is 0.871 bits per heavy atom. The molecule has 0 amide bonds. The molecule has 1 aromatic rings. The fraction of sp³-hybridized carbons (Fsp3) is 0.524. The molecule has 1 aromatic carbocycles. The summed E-state index contributed by atoms with van der Waals surface area (Å²) in [5.41, 5.74) is 1.35. The van der Waals surface area contributed by atoms with Crippen LogP contribution < -0.4 is 0 Å². The van der Waals surface area contributed by atoms with Gasteiger partial charge in [0, 0.05) is 38.3 Å². The second-order valence-corrected chi connectivity index (χ2v) is 7.55. The molecule has 0 bridgehead atoms. The van der Waals surface area contributed by atoms with E-state index in [2.05, 4.69) is 0 Å². The molecular formula is C21H25ClO9. The molecule has 1 aliphatic rings. The average Bonchev–Trinajstić information content (AvgIpc) is 2.63. The van der Waals surface area contributed by atoms with E-state index in [1.165, 1.54) is 20.8 Å². The van der Waals surface area contributed by atoms with E-state index in [0.717, 1.165) is 12.5 Å². The van der Waals surface area contributed by atoms with Gasteiger partial charge in [-0.3, -0.25) is 19.2 Å². The number of hydrogen-bond acceptors (Lipinski definition) is 9. The third-order valence-electron chi connectivity index (χ3n) is 4.45. The van der Waals surface area contributed by atoms with Crippen LogP contribution in [0.2, 0.25) is 5.02 Å². The largest absolute Gasteiger partial charge is 0.463 e. The maximum atomic E-state index is 11.9. The van der Waals surface area contributed by atoms with Crippen LogP contribution in [0.5, 0.6) is 0 Å². The number of aryl methyl sites for hydroxylation is 1. The summed E-state index contributed by atoms with van der Waals surface area (Å²) in [5.74, 6) is -2.63. The number of carbonyl (C=O) groups is 4. The lowest BCUT2D eigenvalue weighted by molar-refractivity contribution is -0.254. The van der Waals surface area contributed by atoms with Crippen LogP contribution in [0.4, 0.5) is 0 Å². The molecule has 0 radical (unpaired) electrons. The van der Waals surface area contributed by atoms with E-state index in [1.54, 1.807) is 18.2 Å². The predicted molar refractivity (Wildman–Crippen MR) is 107 cm³/mol. The highest BCUT2D eigenvalue weighted by atomic mass is 35.5. The number of benzene rings is 1. The Morgan fingerprint density at radius 3 is 1.94 bits per heavy atom. The van der Waals surface area contributed by atoms with Crippen molar-refractivity contribution in [1.29, 1.82) is 0 Å². The van der Waals surface area contributed by atoms with E-state index < -0.39 is 54.4 Å². The van der Waals surface area contributed by atoms with Crippen molar-refractivity contribution in [3.05, 3.63) is 34.3 Å². The predicted octanol–water partition coefficient (Wildman–Crippen LogP) is 2.45. The van der Waals surface area contributed by atoms with E-state index >= 15 is 0 Å². The normalized spacial score (nSPS) is 25.3. The van der Waals surface area contributed by atoms with Gasteiger partial charge >= 0.3 is 23.9 Å². The minimum Gasteiger partial charge on any atom is -0.463 e. The van der Waals surface area contributed by atoms with Gasteiger partial charge in [-0.25, -0.2) is 0 Å². The van der Waals surface area contributed by atoms with Gasteiger partial charge in [0.15, 0.2) is 18.3 Å². The summed E-state index contributed by atoms with van der Waals surface area (Å²) < 4.78 is 27.3. The Morgan fingerprint density at radius 2 is 1.42 bits per heavy atom. The van der Waals surface area contributed by atoms with Crippen LogP contribution in [0.25, 0.3) is 0 Å². The van der Waals surface area contributed by atoms with Gasteiger partial charge in [-0.1, -0.05) is 23.7 Å². The van der Waals surface area contributed by atoms with Gasteiger partial charge in [-0.05, 0) is 18.6 Å². The number of esters is 4. The third kappa shape index (κ3) is 6.67. The van der Waals surface area contributed by atoms with E-state index in [9.17, 15) is 19.2 Å². The summed E-state index contributed by atoms with van der Waals surface area (Å²) in [6, 6.07) is 5.18. The summed E-state index contributed by atoms with van der Waals surface area (Å²) in [4.78, 5) is 46.8. The molecule has 0 N–H and O–H groups in total. The van der Waals surface area contributed by atoms with Crippen molar-refractivity contribution in [3.8, 4) is 0 Å². The smallest absolute Gasteiger partial charge is 0.303 e. The second-order valence-electron chi connectivity index (χ2n) is 7.14. The Hall–Kier alpha value is -2.65. The van der Waals surface area contributed by atoms with E-state index in [4.69, 9.17) is 35.3 Å². The number of hydrogen-bond donors (Lipinski definition) is 0. The van der Waals surface area contributed by atoms with Crippen LogP contribution >= 0.6 is 11.6 Å². The second kappa shape index (κ2) is 10.6. The molecule has 0 aromatic heterocycles. The Balaban J connectivity index is 2.57. The van der Waals surface area contributed by atoms with Crippen LogP contribution in [0.15, 0.2) is 18.2 Å². The highest BCUT2D eigenvalue weighted by Crippen LogP contribution is 2.40. The lowest BCUT2D eigenvalue weighted by Crippen LogP contribution is -2.59. The van der Waals surface area contributed by atoms with Gasteiger partial charge in [0.25, 0.3) is 0 Å². The van der Waals surface area contributed by atoms with Crippen LogP contribution in [0.1, 0.15) is 44.9 Å². The minimum atomic E-state index is -1.23. The zero-order valence-electron chi connectivity index (χ0n) is 17.9. The number of carbonyl (C=O) groups excluding carboxylic acids is 4. The molecular weight excluding hydrogens is 432 g/mol. The maximum Gasteiger partial charge on any atom is 0.303 e. The molecule has 0 aliphatic carbocycles. The van der Waals surface area contributed by atoms with E-state index in [1.807, 2.05) is 6.92 Å². The molecule has 170 valence electrons. The molecule has 1 aliphatic heterocycles. The molecule has 1 saturated heterocycles. The lowest BCUT2D eigenvalue weighted by Gasteiger charge is -2.44. The van der Waals surface area contributed by atoms with Gasteiger partial charge in [0.05, 0.1) is 0 Å². The van der Waals surface area contributed by atoms with Crippen LogP contribution in [-0.2, 0) is 42.9 Å². The van der Waals surface area contributed by atoms with Crippen molar-refractivity contribution in [2.45, 2.75) is 65.1 Å². The molecule has 0 spiro atoms. The number of rotatable bonds is 6. The zero-order valence-corrected chi connectivity index (χ0v) is 18.6. The first-order chi connectivity index (χ1) is 14.5.